The second-order valence-electron chi connectivity index (χ2n) is 7.71. The Labute approximate surface area is 162 Å². The lowest BCUT2D eigenvalue weighted by molar-refractivity contribution is 0.0924. The van der Waals surface area contributed by atoms with E-state index in [1.54, 1.807) is 11.8 Å². The van der Waals surface area contributed by atoms with Gasteiger partial charge in [0.1, 0.15) is 0 Å². The molecule has 26 heavy (non-hydrogen) atoms. The molecule has 2 fully saturated rings. The monoisotopic (exact) mass is 376 g/mol. The Morgan fingerprint density at radius 3 is 2.73 bits per heavy atom. The summed E-state index contributed by atoms with van der Waals surface area (Å²) in [6, 6.07) is 8.37. The molecule has 3 rings (SSSR count). The fraction of sp³-hybridized carbons (Fsp3) is 0.667. The highest BCUT2D eigenvalue weighted by molar-refractivity contribution is 7.99. The maximum absolute atomic E-state index is 12.8. The van der Waals surface area contributed by atoms with Crippen LogP contribution < -0.4 is 5.32 Å². The van der Waals surface area contributed by atoms with Crippen molar-refractivity contribution in [1.82, 2.24) is 10.2 Å². The molecule has 5 heteroatoms. The summed E-state index contributed by atoms with van der Waals surface area (Å²) >= 11 is 1.74. The number of rotatable bonds is 8. The van der Waals surface area contributed by atoms with Crippen LogP contribution in [0, 0.1) is 5.92 Å². The highest BCUT2D eigenvalue weighted by Crippen LogP contribution is 2.27. The van der Waals surface area contributed by atoms with E-state index in [1.807, 2.05) is 18.2 Å². The van der Waals surface area contributed by atoms with Crippen LogP contribution in [0.2, 0.25) is 0 Å². The zero-order valence-electron chi connectivity index (χ0n) is 16.1. The van der Waals surface area contributed by atoms with Gasteiger partial charge < -0.3 is 10.1 Å². The Morgan fingerprint density at radius 2 is 2.04 bits per heavy atom. The second kappa shape index (κ2) is 9.77. The number of carbonyl (C=O) groups excluding carboxylic acids is 1. The molecule has 1 aromatic carbocycles. The molecule has 0 aromatic heterocycles. The van der Waals surface area contributed by atoms with Crippen LogP contribution >= 0.6 is 11.8 Å². The summed E-state index contributed by atoms with van der Waals surface area (Å²) in [4.78, 5) is 16.4. The first-order valence-corrected chi connectivity index (χ1v) is 11.0. The number of carbonyl (C=O) groups is 1. The van der Waals surface area contributed by atoms with Crippen LogP contribution in [0.3, 0.4) is 0 Å². The van der Waals surface area contributed by atoms with Crippen molar-refractivity contribution in [3.63, 3.8) is 0 Å². The summed E-state index contributed by atoms with van der Waals surface area (Å²) in [6.45, 7) is 8.42. The SMILES string of the molecule is CC(C)[C@@H](CNC(=O)c1ccccc1SC[C@@H]1CCCO1)N1CCCC1. The third kappa shape index (κ3) is 5.24. The summed E-state index contributed by atoms with van der Waals surface area (Å²) in [7, 11) is 0. The predicted octanol–water partition coefficient (Wildman–Crippen LogP) is 3.81. The number of ether oxygens (including phenoxy) is 1. The van der Waals surface area contributed by atoms with Gasteiger partial charge in [-0.1, -0.05) is 26.0 Å². The normalized spacial score (nSPS) is 22.0. The zero-order chi connectivity index (χ0) is 18.4. The molecule has 0 bridgehead atoms. The van der Waals surface area contributed by atoms with E-state index in [4.69, 9.17) is 4.74 Å². The van der Waals surface area contributed by atoms with E-state index in [0.717, 1.165) is 55.3 Å². The quantitative estimate of drug-likeness (QED) is 0.701. The average Bonchev–Trinajstić information content (AvgIpc) is 3.34. The summed E-state index contributed by atoms with van der Waals surface area (Å²) in [5, 5.41) is 3.20. The molecule has 2 aliphatic rings. The minimum absolute atomic E-state index is 0.0466. The first kappa shape index (κ1) is 19.7. The van der Waals surface area contributed by atoms with Gasteiger partial charge in [-0.15, -0.1) is 11.8 Å². The molecule has 2 heterocycles. The minimum Gasteiger partial charge on any atom is -0.377 e. The van der Waals surface area contributed by atoms with Crippen LogP contribution in [-0.2, 0) is 4.74 Å². The van der Waals surface area contributed by atoms with Crippen LogP contribution in [0.15, 0.2) is 29.2 Å². The minimum atomic E-state index is 0.0466. The van der Waals surface area contributed by atoms with Crippen LogP contribution in [0.4, 0.5) is 0 Å². The van der Waals surface area contributed by atoms with Crippen molar-refractivity contribution in [2.24, 2.45) is 5.92 Å². The average molecular weight is 377 g/mol. The Hall–Kier alpha value is -1.04. The first-order valence-electron chi connectivity index (χ1n) is 10.0. The standard InChI is InChI=1S/C21H32N2O2S/c1-16(2)19(23-11-5-6-12-23)14-22-21(24)18-9-3-4-10-20(18)26-15-17-8-7-13-25-17/h3-4,9-10,16-17,19H,5-8,11-15H2,1-2H3,(H,22,24)/t17-,19+/m0/s1. The molecular formula is C21H32N2O2S. The molecule has 0 unspecified atom stereocenters. The van der Waals surface area contributed by atoms with E-state index in [9.17, 15) is 4.79 Å². The van der Waals surface area contributed by atoms with Crippen molar-refractivity contribution in [3.8, 4) is 0 Å². The summed E-state index contributed by atoms with van der Waals surface area (Å²) < 4.78 is 5.71. The number of likely N-dealkylation sites (tertiary alicyclic amines) is 1. The third-order valence-corrected chi connectivity index (χ3v) is 6.64. The topological polar surface area (TPSA) is 41.6 Å². The van der Waals surface area contributed by atoms with Crippen LogP contribution in [0.1, 0.15) is 49.9 Å². The lowest BCUT2D eigenvalue weighted by atomic mass is 10.0. The fourth-order valence-electron chi connectivity index (χ4n) is 3.89. The number of amides is 1. The van der Waals surface area contributed by atoms with Gasteiger partial charge in [-0.05, 0) is 56.8 Å². The lowest BCUT2D eigenvalue weighted by Gasteiger charge is -2.31. The van der Waals surface area contributed by atoms with Crippen molar-refractivity contribution in [1.29, 1.82) is 0 Å². The van der Waals surface area contributed by atoms with Gasteiger partial charge in [0, 0.05) is 29.8 Å². The Balaban J connectivity index is 1.58. The molecule has 1 N–H and O–H groups in total. The molecule has 1 amide bonds. The maximum Gasteiger partial charge on any atom is 0.252 e. The molecule has 144 valence electrons. The van der Waals surface area contributed by atoms with Gasteiger partial charge in [0.25, 0.3) is 5.91 Å². The number of nitrogens with one attached hydrogen (secondary N) is 1. The molecule has 2 aliphatic heterocycles. The van der Waals surface area contributed by atoms with E-state index in [1.165, 1.54) is 12.8 Å². The predicted molar refractivity (Wildman–Crippen MR) is 108 cm³/mol. The molecule has 0 saturated carbocycles. The molecular weight excluding hydrogens is 344 g/mol. The van der Waals surface area contributed by atoms with Crippen LogP contribution in [0.25, 0.3) is 0 Å². The third-order valence-electron chi connectivity index (χ3n) is 5.43. The Morgan fingerprint density at radius 1 is 1.27 bits per heavy atom. The van der Waals surface area contributed by atoms with Gasteiger partial charge in [-0.3, -0.25) is 9.69 Å². The number of hydrogen-bond acceptors (Lipinski definition) is 4. The van der Waals surface area contributed by atoms with Crippen molar-refractivity contribution in [3.05, 3.63) is 29.8 Å². The Kier molecular flexibility index (Phi) is 7.41. The van der Waals surface area contributed by atoms with Crippen molar-refractivity contribution < 1.29 is 9.53 Å². The van der Waals surface area contributed by atoms with Gasteiger partial charge in [0.15, 0.2) is 0 Å². The summed E-state index contributed by atoms with van der Waals surface area (Å²) in [5.74, 6) is 1.51. The molecule has 0 aliphatic carbocycles. The van der Waals surface area contributed by atoms with Gasteiger partial charge in [0.2, 0.25) is 0 Å². The molecule has 0 spiro atoms. The second-order valence-corrected chi connectivity index (χ2v) is 8.77. The van der Waals surface area contributed by atoms with E-state index in [0.29, 0.717) is 18.1 Å². The molecule has 0 radical (unpaired) electrons. The van der Waals surface area contributed by atoms with Gasteiger partial charge in [-0.2, -0.15) is 0 Å². The Bertz CT molecular complexity index is 581. The molecule has 2 atom stereocenters. The summed E-state index contributed by atoms with van der Waals surface area (Å²) in [6.07, 6.45) is 5.17. The van der Waals surface area contributed by atoms with Gasteiger partial charge in [-0.25, -0.2) is 0 Å². The zero-order valence-corrected chi connectivity index (χ0v) is 16.9. The van der Waals surface area contributed by atoms with Crippen molar-refractivity contribution in [2.45, 2.75) is 56.6 Å². The maximum atomic E-state index is 12.8. The molecule has 4 nitrogen and oxygen atoms in total. The van der Waals surface area contributed by atoms with E-state index in [-0.39, 0.29) is 5.91 Å². The van der Waals surface area contributed by atoms with Crippen molar-refractivity contribution in [2.75, 3.05) is 32.0 Å². The number of thioether (sulfide) groups is 1. The fourth-order valence-corrected chi connectivity index (χ4v) is 5.01. The molecule has 2 saturated heterocycles. The number of benzene rings is 1. The van der Waals surface area contributed by atoms with Crippen LogP contribution in [-0.4, -0.2) is 54.9 Å². The van der Waals surface area contributed by atoms with E-state index in [2.05, 4.69) is 30.1 Å². The number of hydrogen-bond donors (Lipinski definition) is 1. The smallest absolute Gasteiger partial charge is 0.252 e. The highest BCUT2D eigenvalue weighted by Gasteiger charge is 2.25. The van der Waals surface area contributed by atoms with E-state index >= 15 is 0 Å². The first-order chi connectivity index (χ1) is 12.6. The van der Waals surface area contributed by atoms with Crippen molar-refractivity contribution >= 4 is 17.7 Å². The molecule has 1 aromatic rings. The highest BCUT2D eigenvalue weighted by atomic mass is 32.2. The van der Waals surface area contributed by atoms with Crippen LogP contribution in [0.5, 0.6) is 0 Å². The van der Waals surface area contributed by atoms with Gasteiger partial charge in [0.05, 0.1) is 11.7 Å². The summed E-state index contributed by atoms with van der Waals surface area (Å²) in [5.41, 5.74) is 0.791. The van der Waals surface area contributed by atoms with Gasteiger partial charge >= 0.3 is 0 Å². The van der Waals surface area contributed by atoms with E-state index < -0.39 is 0 Å². The number of nitrogens with zero attached hydrogens (tertiary/aromatic N) is 1. The lowest BCUT2D eigenvalue weighted by Crippen LogP contribution is -2.45. The largest absolute Gasteiger partial charge is 0.377 e.